The number of hydrogen-bond donors (Lipinski definition) is 1. The van der Waals surface area contributed by atoms with Gasteiger partial charge in [0.1, 0.15) is 0 Å². The van der Waals surface area contributed by atoms with E-state index in [9.17, 15) is 4.79 Å². The van der Waals surface area contributed by atoms with Crippen molar-refractivity contribution in [1.82, 2.24) is 9.80 Å². The molecule has 1 aliphatic heterocycles. The summed E-state index contributed by atoms with van der Waals surface area (Å²) in [7, 11) is 4.10. The number of likely N-dealkylation sites (N-methyl/N-ethyl adjacent to an activating group) is 1. The van der Waals surface area contributed by atoms with Gasteiger partial charge in [0.2, 0.25) is 0 Å². The summed E-state index contributed by atoms with van der Waals surface area (Å²) in [5.41, 5.74) is 1.39. The Morgan fingerprint density at radius 3 is 2.86 bits per heavy atom. The fraction of sp³-hybridized carbons (Fsp3) is 0.471. The van der Waals surface area contributed by atoms with Crippen LogP contribution in [0.2, 0.25) is 0 Å². The number of hydrogen-bond acceptors (Lipinski definition) is 3. The van der Waals surface area contributed by atoms with Gasteiger partial charge in [0.25, 0.3) is 5.91 Å². The van der Waals surface area contributed by atoms with Crippen molar-refractivity contribution in [2.75, 3.05) is 33.8 Å². The van der Waals surface area contributed by atoms with E-state index in [1.54, 1.807) is 0 Å². The van der Waals surface area contributed by atoms with Crippen LogP contribution in [0, 0.1) is 11.8 Å². The molecule has 1 fully saturated rings. The maximum atomic E-state index is 12.7. The molecule has 1 aromatic carbocycles. The minimum atomic E-state index is 0.0414. The van der Waals surface area contributed by atoms with E-state index in [0.29, 0.717) is 18.0 Å². The van der Waals surface area contributed by atoms with Crippen molar-refractivity contribution in [3.63, 3.8) is 0 Å². The number of amides is 1. The van der Waals surface area contributed by atoms with Gasteiger partial charge in [-0.3, -0.25) is 4.79 Å². The van der Waals surface area contributed by atoms with Crippen LogP contribution in [-0.2, 0) is 0 Å². The number of rotatable bonds is 3. The lowest BCUT2D eigenvalue weighted by Gasteiger charge is -2.20. The molecule has 4 nitrogen and oxygen atoms in total. The molecule has 0 bridgehead atoms. The molecule has 21 heavy (non-hydrogen) atoms. The third-order valence-electron chi connectivity index (χ3n) is 3.80. The molecule has 1 saturated heterocycles. The van der Waals surface area contributed by atoms with Gasteiger partial charge in [0, 0.05) is 31.1 Å². The van der Waals surface area contributed by atoms with Crippen LogP contribution in [0.15, 0.2) is 24.3 Å². The second kappa shape index (κ2) is 7.26. The molecule has 0 aliphatic carbocycles. The lowest BCUT2D eigenvalue weighted by Crippen LogP contribution is -2.34. The molecule has 4 heteroatoms. The number of aliphatic hydroxyl groups excluding tert-OH is 1. The molecular formula is C17H22N2O2. The molecule has 2 rings (SSSR count). The zero-order valence-corrected chi connectivity index (χ0v) is 12.7. The third-order valence-corrected chi connectivity index (χ3v) is 3.80. The summed E-state index contributed by atoms with van der Waals surface area (Å²) in [6.45, 7) is 1.60. The summed E-state index contributed by atoms with van der Waals surface area (Å²) in [6, 6.07) is 7.86. The summed E-state index contributed by atoms with van der Waals surface area (Å²) in [4.78, 5) is 16.7. The van der Waals surface area contributed by atoms with Gasteiger partial charge in [0.15, 0.2) is 0 Å². The fourth-order valence-corrected chi connectivity index (χ4v) is 2.51. The van der Waals surface area contributed by atoms with Crippen molar-refractivity contribution in [2.24, 2.45) is 0 Å². The first-order valence-electron chi connectivity index (χ1n) is 7.28. The number of aliphatic hydroxyl groups is 1. The third kappa shape index (κ3) is 3.84. The zero-order valence-electron chi connectivity index (χ0n) is 12.7. The van der Waals surface area contributed by atoms with E-state index in [2.05, 4.69) is 16.7 Å². The maximum absolute atomic E-state index is 12.7. The Bertz CT molecular complexity index is 557. The first kappa shape index (κ1) is 15.6. The minimum absolute atomic E-state index is 0.0414. The molecule has 0 aromatic heterocycles. The van der Waals surface area contributed by atoms with Crippen LogP contribution in [0.1, 0.15) is 28.8 Å². The summed E-state index contributed by atoms with van der Waals surface area (Å²) in [6.07, 6.45) is 1.44. The fourth-order valence-electron chi connectivity index (χ4n) is 2.51. The van der Waals surface area contributed by atoms with E-state index >= 15 is 0 Å². The first-order chi connectivity index (χ1) is 10.1. The predicted molar refractivity (Wildman–Crippen MR) is 83.0 cm³/mol. The molecule has 1 heterocycles. The van der Waals surface area contributed by atoms with Gasteiger partial charge in [-0.15, -0.1) is 0 Å². The molecular weight excluding hydrogens is 264 g/mol. The van der Waals surface area contributed by atoms with Crippen molar-refractivity contribution in [1.29, 1.82) is 0 Å². The van der Waals surface area contributed by atoms with E-state index in [1.165, 1.54) is 0 Å². The van der Waals surface area contributed by atoms with E-state index in [4.69, 9.17) is 5.11 Å². The lowest BCUT2D eigenvalue weighted by molar-refractivity contribution is 0.0783. The number of nitrogens with zero attached hydrogens (tertiary/aromatic N) is 2. The Morgan fingerprint density at radius 2 is 2.19 bits per heavy atom. The number of carbonyl (C=O) groups excluding carboxylic acids is 1. The Hall–Kier alpha value is -1.83. The first-order valence-corrected chi connectivity index (χ1v) is 7.28. The topological polar surface area (TPSA) is 43.8 Å². The molecule has 1 amide bonds. The largest absolute Gasteiger partial charge is 0.395 e. The number of likely N-dealkylation sites (tertiary alicyclic amines) is 1. The molecule has 1 aliphatic rings. The van der Waals surface area contributed by atoms with Crippen LogP contribution >= 0.6 is 0 Å². The molecule has 0 saturated carbocycles. The molecule has 0 radical (unpaired) electrons. The average Bonchev–Trinajstić information content (AvgIpc) is 2.97. The molecule has 1 unspecified atom stereocenters. The van der Waals surface area contributed by atoms with Crippen LogP contribution in [0.3, 0.4) is 0 Å². The summed E-state index contributed by atoms with van der Waals surface area (Å²) in [5.74, 6) is 5.92. The Balaban J connectivity index is 2.15. The highest BCUT2D eigenvalue weighted by molar-refractivity contribution is 5.97. The van der Waals surface area contributed by atoms with Crippen LogP contribution < -0.4 is 0 Å². The molecule has 1 N–H and O–H groups in total. The second-order valence-corrected chi connectivity index (χ2v) is 5.48. The highest BCUT2D eigenvalue weighted by Gasteiger charge is 2.28. The van der Waals surface area contributed by atoms with Crippen LogP contribution in [0.5, 0.6) is 0 Å². The Labute approximate surface area is 126 Å². The van der Waals surface area contributed by atoms with E-state index < -0.39 is 0 Å². The van der Waals surface area contributed by atoms with Crippen molar-refractivity contribution >= 4 is 5.91 Å². The lowest BCUT2D eigenvalue weighted by atomic mass is 10.1. The van der Waals surface area contributed by atoms with Gasteiger partial charge in [0.05, 0.1) is 12.2 Å². The molecule has 0 spiro atoms. The second-order valence-electron chi connectivity index (χ2n) is 5.48. The van der Waals surface area contributed by atoms with Crippen molar-refractivity contribution in [3.8, 4) is 11.8 Å². The van der Waals surface area contributed by atoms with Crippen LogP contribution in [0.25, 0.3) is 0 Å². The molecule has 1 atom stereocenters. The Morgan fingerprint density at radius 1 is 1.43 bits per heavy atom. The summed E-state index contributed by atoms with van der Waals surface area (Å²) in [5, 5.41) is 8.79. The Kier molecular flexibility index (Phi) is 5.38. The maximum Gasteiger partial charge on any atom is 0.255 e. The predicted octanol–water partition coefficient (Wildman–Crippen LogP) is 1.20. The van der Waals surface area contributed by atoms with Crippen LogP contribution in [-0.4, -0.2) is 60.6 Å². The van der Waals surface area contributed by atoms with Crippen molar-refractivity contribution in [3.05, 3.63) is 35.4 Å². The van der Waals surface area contributed by atoms with Gasteiger partial charge < -0.3 is 14.9 Å². The van der Waals surface area contributed by atoms with Crippen LogP contribution in [0.4, 0.5) is 0 Å². The van der Waals surface area contributed by atoms with Gasteiger partial charge in [-0.1, -0.05) is 24.0 Å². The van der Waals surface area contributed by atoms with Gasteiger partial charge in [-0.25, -0.2) is 0 Å². The van der Waals surface area contributed by atoms with E-state index in [0.717, 1.165) is 25.1 Å². The monoisotopic (exact) mass is 286 g/mol. The SMILES string of the molecule is CN(C)C1CCN(C(=O)c2ccccc2C#CCCO)C1. The summed E-state index contributed by atoms with van der Waals surface area (Å²) >= 11 is 0. The summed E-state index contributed by atoms with van der Waals surface area (Å²) < 4.78 is 0. The van der Waals surface area contributed by atoms with Crippen molar-refractivity contribution < 1.29 is 9.90 Å². The normalized spacial score (nSPS) is 17.7. The van der Waals surface area contributed by atoms with E-state index in [-0.39, 0.29) is 12.5 Å². The van der Waals surface area contributed by atoms with Gasteiger partial charge >= 0.3 is 0 Å². The van der Waals surface area contributed by atoms with Crippen molar-refractivity contribution in [2.45, 2.75) is 18.9 Å². The molecule has 112 valence electrons. The zero-order chi connectivity index (χ0) is 15.2. The minimum Gasteiger partial charge on any atom is -0.395 e. The average molecular weight is 286 g/mol. The highest BCUT2D eigenvalue weighted by Crippen LogP contribution is 2.18. The highest BCUT2D eigenvalue weighted by atomic mass is 16.2. The standard InChI is InChI=1S/C17H22N2O2/c1-18(2)15-10-11-19(13-15)17(21)16-9-4-3-7-14(16)8-5-6-12-20/h3-4,7,9,15,20H,6,10-13H2,1-2H3. The number of benzene rings is 1. The number of carbonyl (C=O) groups is 1. The van der Waals surface area contributed by atoms with Gasteiger partial charge in [-0.05, 0) is 32.6 Å². The molecule has 1 aromatic rings. The van der Waals surface area contributed by atoms with Gasteiger partial charge in [-0.2, -0.15) is 0 Å². The van der Waals surface area contributed by atoms with E-state index in [1.807, 2.05) is 43.3 Å². The smallest absolute Gasteiger partial charge is 0.255 e. The quantitative estimate of drug-likeness (QED) is 0.849.